The van der Waals surface area contributed by atoms with E-state index in [9.17, 15) is 0 Å². The summed E-state index contributed by atoms with van der Waals surface area (Å²) in [5, 5.41) is 4.90. The molecule has 1 aliphatic rings. The lowest BCUT2D eigenvalue weighted by molar-refractivity contribution is 0.660. The first-order chi connectivity index (χ1) is 23.6. The molecular formula is C46H33NS. The van der Waals surface area contributed by atoms with Gasteiger partial charge in [-0.3, -0.25) is 4.98 Å². The first kappa shape index (κ1) is 28.8. The standard InChI is InChI=1S/C46H33NS/c1-46(2)42-20-12-11-17-36(42)37-22-21-32(28-43(37)46)44-38-18-9-10-19-39(38)45(40-23-24-47-29-41(40)44)48-35-26-33(30-13-5-3-6-14-30)25-34(27-35)31-15-7-4-8-16-31/h3-29H,1-2H3. The van der Waals surface area contributed by atoms with Crippen LogP contribution in [0.4, 0.5) is 0 Å². The van der Waals surface area contributed by atoms with Gasteiger partial charge < -0.3 is 0 Å². The Morgan fingerprint density at radius 2 is 1.06 bits per heavy atom. The number of pyridine rings is 1. The van der Waals surface area contributed by atoms with Crippen molar-refractivity contribution < 1.29 is 0 Å². The molecule has 1 aliphatic carbocycles. The fourth-order valence-corrected chi connectivity index (χ4v) is 8.82. The molecule has 0 atom stereocenters. The Balaban J connectivity index is 1.24. The maximum Gasteiger partial charge on any atom is 0.0353 e. The molecule has 0 bridgehead atoms. The number of rotatable bonds is 5. The van der Waals surface area contributed by atoms with Gasteiger partial charge in [0.15, 0.2) is 0 Å². The minimum atomic E-state index is -0.0676. The fourth-order valence-electron chi connectivity index (χ4n) is 7.63. The Labute approximate surface area is 286 Å². The van der Waals surface area contributed by atoms with Crippen molar-refractivity contribution in [1.29, 1.82) is 0 Å². The van der Waals surface area contributed by atoms with Crippen LogP contribution in [0.3, 0.4) is 0 Å². The summed E-state index contributed by atoms with van der Waals surface area (Å²) in [6.45, 7) is 4.71. The largest absolute Gasteiger partial charge is 0.264 e. The van der Waals surface area contributed by atoms with E-state index < -0.39 is 0 Å². The van der Waals surface area contributed by atoms with Crippen molar-refractivity contribution >= 4 is 33.3 Å². The zero-order valence-corrected chi connectivity index (χ0v) is 27.8. The third kappa shape index (κ3) is 4.67. The van der Waals surface area contributed by atoms with Crippen LogP contribution in [0.5, 0.6) is 0 Å². The highest BCUT2D eigenvalue weighted by Crippen LogP contribution is 2.51. The molecule has 0 amide bonds. The van der Waals surface area contributed by atoms with E-state index in [1.165, 1.54) is 87.0 Å². The second-order valence-electron chi connectivity index (χ2n) is 13.2. The first-order valence-electron chi connectivity index (χ1n) is 16.5. The Kier molecular flexibility index (Phi) is 6.81. The van der Waals surface area contributed by atoms with Gasteiger partial charge in [-0.05, 0) is 102 Å². The second kappa shape index (κ2) is 11.4. The maximum atomic E-state index is 4.69. The van der Waals surface area contributed by atoms with Gasteiger partial charge in [0.05, 0.1) is 0 Å². The van der Waals surface area contributed by atoms with E-state index in [4.69, 9.17) is 0 Å². The summed E-state index contributed by atoms with van der Waals surface area (Å²) in [5.74, 6) is 0. The quantitative estimate of drug-likeness (QED) is 0.175. The zero-order valence-electron chi connectivity index (χ0n) is 26.9. The van der Waals surface area contributed by atoms with Crippen molar-refractivity contribution in [3.8, 4) is 44.5 Å². The molecule has 0 saturated carbocycles. The molecule has 9 rings (SSSR count). The Morgan fingerprint density at radius 3 is 1.79 bits per heavy atom. The molecule has 1 nitrogen and oxygen atoms in total. The summed E-state index contributed by atoms with van der Waals surface area (Å²) in [6, 6.07) is 55.4. The molecule has 0 radical (unpaired) electrons. The van der Waals surface area contributed by atoms with E-state index in [-0.39, 0.29) is 5.41 Å². The number of fused-ring (bicyclic) bond motifs is 5. The minimum absolute atomic E-state index is 0.0676. The van der Waals surface area contributed by atoms with Crippen LogP contribution >= 0.6 is 11.8 Å². The molecule has 8 aromatic rings. The highest BCUT2D eigenvalue weighted by Gasteiger charge is 2.35. The van der Waals surface area contributed by atoms with Gasteiger partial charge in [-0.2, -0.15) is 0 Å². The molecule has 228 valence electrons. The van der Waals surface area contributed by atoms with Crippen LogP contribution in [0.2, 0.25) is 0 Å². The molecule has 0 N–H and O–H groups in total. The lowest BCUT2D eigenvalue weighted by Gasteiger charge is -2.23. The van der Waals surface area contributed by atoms with Gasteiger partial charge in [0.1, 0.15) is 0 Å². The number of hydrogen-bond donors (Lipinski definition) is 0. The van der Waals surface area contributed by atoms with Crippen molar-refractivity contribution in [3.63, 3.8) is 0 Å². The van der Waals surface area contributed by atoms with E-state index in [0.29, 0.717) is 0 Å². The molecule has 0 aliphatic heterocycles. The molecule has 2 heteroatoms. The Hall–Kier alpha value is -5.44. The van der Waals surface area contributed by atoms with Crippen molar-refractivity contribution in [2.75, 3.05) is 0 Å². The van der Waals surface area contributed by atoms with Crippen molar-refractivity contribution in [3.05, 3.63) is 175 Å². The van der Waals surface area contributed by atoms with Crippen LogP contribution in [-0.2, 0) is 5.41 Å². The summed E-state index contributed by atoms with van der Waals surface area (Å²) >= 11 is 1.85. The van der Waals surface area contributed by atoms with Crippen LogP contribution in [0.1, 0.15) is 25.0 Å². The van der Waals surface area contributed by atoms with E-state index in [1.807, 2.05) is 18.0 Å². The van der Waals surface area contributed by atoms with Crippen LogP contribution in [0, 0.1) is 0 Å². The number of hydrogen-bond acceptors (Lipinski definition) is 2. The number of aromatic nitrogens is 1. The third-order valence-electron chi connectivity index (χ3n) is 9.99. The van der Waals surface area contributed by atoms with E-state index in [0.717, 1.165) is 0 Å². The van der Waals surface area contributed by atoms with Gasteiger partial charge in [-0.1, -0.05) is 147 Å². The van der Waals surface area contributed by atoms with Crippen molar-refractivity contribution in [2.24, 2.45) is 0 Å². The van der Waals surface area contributed by atoms with E-state index >= 15 is 0 Å². The second-order valence-corrected chi connectivity index (χ2v) is 14.3. The molecular weight excluding hydrogens is 599 g/mol. The fraction of sp³-hybridized carbons (Fsp3) is 0.0652. The molecule has 48 heavy (non-hydrogen) atoms. The van der Waals surface area contributed by atoms with Crippen molar-refractivity contribution in [2.45, 2.75) is 29.1 Å². The Bertz CT molecular complexity index is 2380. The molecule has 0 saturated heterocycles. The van der Waals surface area contributed by atoms with Gasteiger partial charge in [0.2, 0.25) is 0 Å². The van der Waals surface area contributed by atoms with Gasteiger partial charge in [-0.25, -0.2) is 0 Å². The lowest BCUT2D eigenvalue weighted by atomic mass is 9.81. The molecule has 0 unspecified atom stereocenters. The van der Waals surface area contributed by atoms with Gasteiger partial charge in [0.25, 0.3) is 0 Å². The van der Waals surface area contributed by atoms with Gasteiger partial charge >= 0.3 is 0 Å². The predicted octanol–water partition coefficient (Wildman–Crippen LogP) is 12.8. The zero-order chi connectivity index (χ0) is 32.2. The van der Waals surface area contributed by atoms with E-state index in [2.05, 4.69) is 177 Å². The predicted molar refractivity (Wildman–Crippen MR) is 204 cm³/mol. The monoisotopic (exact) mass is 631 g/mol. The topological polar surface area (TPSA) is 12.9 Å². The van der Waals surface area contributed by atoms with Crippen LogP contribution in [0.25, 0.3) is 66.1 Å². The summed E-state index contributed by atoms with van der Waals surface area (Å²) in [5.41, 5.74) is 12.7. The molecule has 0 fully saturated rings. The van der Waals surface area contributed by atoms with Crippen LogP contribution in [-0.4, -0.2) is 4.98 Å². The highest BCUT2D eigenvalue weighted by molar-refractivity contribution is 7.99. The molecule has 0 spiro atoms. The van der Waals surface area contributed by atoms with Crippen molar-refractivity contribution in [1.82, 2.24) is 4.98 Å². The SMILES string of the molecule is CC1(C)c2ccccc2-c2ccc(-c3c4ccccc4c(Sc4cc(-c5ccccc5)cc(-c5ccccc5)c4)c4ccncc34)cc21. The number of benzene rings is 7. The highest BCUT2D eigenvalue weighted by atomic mass is 32.2. The van der Waals surface area contributed by atoms with Crippen LogP contribution in [0.15, 0.2) is 174 Å². The van der Waals surface area contributed by atoms with Crippen LogP contribution < -0.4 is 0 Å². The van der Waals surface area contributed by atoms with Gasteiger partial charge in [0, 0.05) is 33.0 Å². The smallest absolute Gasteiger partial charge is 0.0353 e. The summed E-state index contributed by atoms with van der Waals surface area (Å²) in [4.78, 5) is 7.15. The molecule has 1 aromatic heterocycles. The summed E-state index contributed by atoms with van der Waals surface area (Å²) < 4.78 is 0. The molecule has 7 aromatic carbocycles. The first-order valence-corrected chi connectivity index (χ1v) is 17.3. The number of nitrogens with zero attached hydrogens (tertiary/aromatic N) is 1. The summed E-state index contributed by atoms with van der Waals surface area (Å²) in [7, 11) is 0. The minimum Gasteiger partial charge on any atom is -0.264 e. The van der Waals surface area contributed by atoms with E-state index in [1.54, 1.807) is 0 Å². The maximum absolute atomic E-state index is 4.69. The summed E-state index contributed by atoms with van der Waals surface area (Å²) in [6.07, 6.45) is 3.99. The molecule has 1 heterocycles. The lowest BCUT2D eigenvalue weighted by Crippen LogP contribution is -2.14. The average molecular weight is 632 g/mol. The normalized spacial score (nSPS) is 13.0. The van der Waals surface area contributed by atoms with Gasteiger partial charge in [-0.15, -0.1) is 0 Å². The third-order valence-corrected chi connectivity index (χ3v) is 11.1. The Morgan fingerprint density at radius 1 is 0.458 bits per heavy atom. The average Bonchev–Trinajstić information content (AvgIpc) is 3.37.